The Labute approximate surface area is 279 Å². The van der Waals surface area contributed by atoms with Crippen LogP contribution in [0, 0.1) is 11.6 Å². The second kappa shape index (κ2) is 15.5. The van der Waals surface area contributed by atoms with Crippen LogP contribution in [0.2, 0.25) is 10.3 Å². The van der Waals surface area contributed by atoms with Gasteiger partial charge in [0.1, 0.15) is 39.5 Å². The van der Waals surface area contributed by atoms with Crippen molar-refractivity contribution >= 4 is 67.2 Å². The van der Waals surface area contributed by atoms with Gasteiger partial charge in [-0.1, -0.05) is 23.2 Å². The summed E-state index contributed by atoms with van der Waals surface area (Å²) >= 11 is 11.8. The van der Waals surface area contributed by atoms with Crippen molar-refractivity contribution in [3.63, 3.8) is 0 Å². The van der Waals surface area contributed by atoms with E-state index in [-0.39, 0.29) is 11.6 Å². The molecule has 0 unspecified atom stereocenters. The fourth-order valence-electron chi connectivity index (χ4n) is 4.80. The van der Waals surface area contributed by atoms with Crippen molar-refractivity contribution in [1.29, 1.82) is 0 Å². The predicted octanol–water partition coefficient (Wildman–Crippen LogP) is 8.81. The van der Waals surface area contributed by atoms with E-state index in [0.717, 1.165) is 38.5 Å². The van der Waals surface area contributed by atoms with Crippen molar-refractivity contribution in [2.24, 2.45) is 0 Å². The summed E-state index contributed by atoms with van der Waals surface area (Å²) in [5, 5.41) is 2.37. The average molecular weight is 682 g/mol. The molecule has 0 spiro atoms. The van der Waals surface area contributed by atoms with Crippen LogP contribution in [-0.4, -0.2) is 50.6 Å². The maximum Gasteiger partial charge on any atom is 0.271 e. The first-order valence-corrected chi connectivity index (χ1v) is 15.5. The third-order valence-electron chi connectivity index (χ3n) is 6.83. The number of halogens is 4. The largest absolute Gasteiger partial charge is 0.397 e. The fourth-order valence-corrected chi connectivity index (χ4v) is 5.09. The summed E-state index contributed by atoms with van der Waals surface area (Å²) in [5.74, 6) is -0.535. The molecule has 13 heteroatoms. The third-order valence-corrected chi connectivity index (χ3v) is 7.26. The number of ether oxygens (including phenoxy) is 3. The van der Waals surface area contributed by atoms with Crippen molar-refractivity contribution in [2.75, 3.05) is 25.6 Å². The maximum atomic E-state index is 13.3. The summed E-state index contributed by atoms with van der Waals surface area (Å²) in [5.41, 5.74) is 11.7. The lowest BCUT2D eigenvalue weighted by Gasteiger charge is -2.15. The molecule has 9 nitrogen and oxygen atoms in total. The topological polar surface area (TPSA) is 113 Å². The summed E-state index contributed by atoms with van der Waals surface area (Å²) < 4.78 is 43.5. The molecule has 5 aromatic heterocycles. The number of nitrogens with one attached hydrogen (secondary N) is 1. The normalized spacial score (nSPS) is 11.2. The van der Waals surface area contributed by atoms with Crippen LogP contribution in [0.1, 0.15) is 20.8 Å². The third kappa shape index (κ3) is 8.13. The van der Waals surface area contributed by atoms with Crippen LogP contribution in [0.3, 0.4) is 0 Å². The van der Waals surface area contributed by atoms with Crippen molar-refractivity contribution < 1.29 is 23.0 Å². The maximum absolute atomic E-state index is 13.3. The molecule has 0 saturated carbocycles. The van der Waals surface area contributed by atoms with Gasteiger partial charge in [-0.15, -0.1) is 0 Å². The van der Waals surface area contributed by atoms with E-state index < -0.39 is 6.48 Å². The quantitative estimate of drug-likeness (QED) is 0.128. The molecule has 0 saturated heterocycles. The van der Waals surface area contributed by atoms with Crippen molar-refractivity contribution in [1.82, 2.24) is 24.3 Å². The Bertz CT molecular complexity index is 2120. The molecular weight excluding hydrogens is 649 g/mol. The molecule has 0 radical (unpaired) electrons. The SMILES string of the molecule is CCOC(OCC)OCC.Fc1ccc2c(c1)cc1c3nc(Cl)ccc3ncn21.Nc1ccc(Cl)nc1-c1cc2cc(F)ccc2[nH]1. The van der Waals surface area contributed by atoms with Crippen molar-refractivity contribution in [3.8, 4) is 11.4 Å². The Hall–Kier alpha value is -4.39. The zero-order valence-electron chi connectivity index (χ0n) is 25.8. The Kier molecular flexibility index (Phi) is 11.2. The van der Waals surface area contributed by atoms with E-state index in [1.807, 2.05) is 37.3 Å². The number of H-pyrrole nitrogens is 1. The van der Waals surface area contributed by atoms with E-state index in [1.165, 1.54) is 24.3 Å². The lowest BCUT2D eigenvalue weighted by molar-refractivity contribution is -0.282. The standard InChI is InChI=1S/C14H7ClFN3.C13H9ClFN3.C7H16O3/c15-13-4-2-10-14(18-13)12-6-8-5-9(16)1-3-11(8)19(12)7-17-10;14-12-4-2-9(16)13(18-12)11-6-7-5-8(15)1-3-10(7)17-11;1-4-8-7(9-5-2)10-6-3/h1-7H;1-6,17H,16H2;7H,4-6H2,1-3H3. The highest BCUT2D eigenvalue weighted by Crippen LogP contribution is 2.29. The summed E-state index contributed by atoms with van der Waals surface area (Å²) in [6.45, 7) is 7.10. The summed E-state index contributed by atoms with van der Waals surface area (Å²) in [6, 6.07) is 19.7. The molecule has 0 bridgehead atoms. The van der Waals surface area contributed by atoms with E-state index in [0.29, 0.717) is 47.0 Å². The van der Waals surface area contributed by atoms with Crippen LogP contribution in [0.4, 0.5) is 14.5 Å². The number of anilines is 1. The van der Waals surface area contributed by atoms with Crippen LogP contribution in [0.15, 0.2) is 79.1 Å². The average Bonchev–Trinajstić information content (AvgIpc) is 3.64. The van der Waals surface area contributed by atoms with Crippen LogP contribution < -0.4 is 5.73 Å². The Morgan fingerprint density at radius 3 is 2.11 bits per heavy atom. The first-order valence-electron chi connectivity index (χ1n) is 14.8. The molecule has 0 atom stereocenters. The van der Waals surface area contributed by atoms with Gasteiger partial charge in [-0.2, -0.15) is 0 Å². The number of nitrogen functional groups attached to an aromatic ring is 1. The van der Waals surface area contributed by atoms with Gasteiger partial charge in [0.25, 0.3) is 6.48 Å². The van der Waals surface area contributed by atoms with Gasteiger partial charge in [0.2, 0.25) is 0 Å². The minimum absolute atomic E-state index is 0.258. The number of aromatic nitrogens is 5. The van der Waals surface area contributed by atoms with Crippen LogP contribution in [0.25, 0.3) is 49.7 Å². The molecular formula is C34H32Cl2F2N6O3. The zero-order valence-corrected chi connectivity index (χ0v) is 27.3. The molecule has 0 amide bonds. The molecule has 3 N–H and O–H groups in total. The first kappa shape index (κ1) is 34.0. The molecule has 2 aromatic carbocycles. The Balaban J connectivity index is 0.000000146. The van der Waals surface area contributed by atoms with Crippen molar-refractivity contribution in [3.05, 3.63) is 101 Å². The highest BCUT2D eigenvalue weighted by molar-refractivity contribution is 6.30. The molecule has 0 aliphatic rings. The molecule has 7 rings (SSSR count). The molecule has 0 aliphatic heterocycles. The van der Waals surface area contributed by atoms with Gasteiger partial charge in [-0.25, -0.2) is 23.7 Å². The van der Waals surface area contributed by atoms with Gasteiger partial charge < -0.3 is 24.9 Å². The zero-order chi connectivity index (χ0) is 33.5. The second-order valence-electron chi connectivity index (χ2n) is 9.99. The van der Waals surface area contributed by atoms with Crippen molar-refractivity contribution in [2.45, 2.75) is 27.2 Å². The van der Waals surface area contributed by atoms with E-state index in [2.05, 4.69) is 19.9 Å². The summed E-state index contributed by atoms with van der Waals surface area (Å²) in [4.78, 5) is 16.0. The van der Waals surface area contributed by atoms with E-state index in [1.54, 1.807) is 42.7 Å². The number of hydrogen-bond acceptors (Lipinski definition) is 7. The molecule has 0 fully saturated rings. The number of nitrogens with zero attached hydrogens (tertiary/aromatic N) is 4. The van der Waals surface area contributed by atoms with Gasteiger partial charge in [0, 0.05) is 36.1 Å². The van der Waals surface area contributed by atoms with Crippen LogP contribution >= 0.6 is 23.2 Å². The number of nitrogens with two attached hydrogens (primary N) is 1. The Morgan fingerprint density at radius 1 is 0.766 bits per heavy atom. The van der Waals surface area contributed by atoms with Crippen LogP contribution in [0.5, 0.6) is 0 Å². The second-order valence-corrected chi connectivity index (χ2v) is 10.8. The summed E-state index contributed by atoms with van der Waals surface area (Å²) in [6.07, 6.45) is 1.72. The number of aromatic amines is 1. The number of hydrogen-bond donors (Lipinski definition) is 2. The van der Waals surface area contributed by atoms with Gasteiger partial charge in [0.15, 0.2) is 0 Å². The van der Waals surface area contributed by atoms with Crippen LogP contribution in [-0.2, 0) is 14.2 Å². The lowest BCUT2D eigenvalue weighted by Crippen LogP contribution is -2.20. The predicted molar refractivity (Wildman–Crippen MR) is 183 cm³/mol. The molecule has 244 valence electrons. The minimum atomic E-state index is -0.472. The number of rotatable bonds is 7. The first-order chi connectivity index (χ1) is 22.7. The number of pyridine rings is 2. The molecule has 0 aliphatic carbocycles. The van der Waals surface area contributed by atoms with Gasteiger partial charge >= 0.3 is 0 Å². The number of fused-ring (bicyclic) bond motifs is 6. The lowest BCUT2D eigenvalue weighted by atomic mass is 10.2. The Morgan fingerprint density at radius 2 is 1.40 bits per heavy atom. The highest BCUT2D eigenvalue weighted by atomic mass is 35.5. The van der Waals surface area contributed by atoms with Gasteiger partial charge in [-0.05, 0) is 93.6 Å². The van der Waals surface area contributed by atoms with E-state index in [4.69, 9.17) is 43.1 Å². The van der Waals surface area contributed by atoms with E-state index >= 15 is 0 Å². The smallest absolute Gasteiger partial charge is 0.271 e. The monoisotopic (exact) mass is 680 g/mol. The van der Waals surface area contributed by atoms with Gasteiger partial charge in [0.05, 0.1) is 27.9 Å². The number of benzene rings is 2. The minimum Gasteiger partial charge on any atom is -0.397 e. The van der Waals surface area contributed by atoms with E-state index in [9.17, 15) is 8.78 Å². The summed E-state index contributed by atoms with van der Waals surface area (Å²) in [7, 11) is 0. The highest BCUT2D eigenvalue weighted by Gasteiger charge is 2.11. The molecule has 5 heterocycles. The van der Waals surface area contributed by atoms with Gasteiger partial charge in [-0.3, -0.25) is 4.40 Å². The fraction of sp³-hybridized carbons (Fsp3) is 0.206. The molecule has 7 aromatic rings. The molecule has 47 heavy (non-hydrogen) atoms.